The van der Waals surface area contributed by atoms with Crippen LogP contribution in [0.15, 0.2) is 42.5 Å². The number of fused-ring (bicyclic) bond motifs is 1. The molecule has 5 nitrogen and oxygen atoms in total. The molecular formula is C17H15NO4. The summed E-state index contributed by atoms with van der Waals surface area (Å²) in [7, 11) is 3.03. The van der Waals surface area contributed by atoms with E-state index in [9.17, 15) is 9.59 Å². The third-order valence-corrected chi connectivity index (χ3v) is 3.66. The van der Waals surface area contributed by atoms with E-state index in [-0.39, 0.29) is 18.4 Å². The number of carbonyl (C=O) groups is 2. The molecule has 5 heteroatoms. The van der Waals surface area contributed by atoms with E-state index in [1.807, 2.05) is 12.1 Å². The normalized spacial score (nSPS) is 13.0. The lowest BCUT2D eigenvalue weighted by atomic mass is 10.1. The molecule has 0 saturated heterocycles. The summed E-state index contributed by atoms with van der Waals surface area (Å²) in [5.41, 5.74) is 1.79. The van der Waals surface area contributed by atoms with Crippen molar-refractivity contribution in [3.63, 3.8) is 0 Å². The highest BCUT2D eigenvalue weighted by Gasteiger charge is 2.32. The largest absolute Gasteiger partial charge is 0.497 e. The molecule has 1 aliphatic rings. The zero-order valence-corrected chi connectivity index (χ0v) is 12.3. The predicted molar refractivity (Wildman–Crippen MR) is 80.2 cm³/mol. The molecule has 0 saturated carbocycles. The quantitative estimate of drug-likeness (QED) is 0.817. The molecule has 2 aromatic rings. The minimum absolute atomic E-state index is 0.276. The van der Waals surface area contributed by atoms with E-state index < -0.39 is 0 Å². The highest BCUT2D eigenvalue weighted by atomic mass is 16.5. The van der Waals surface area contributed by atoms with Crippen LogP contribution in [-0.4, -0.2) is 30.9 Å². The van der Waals surface area contributed by atoms with Crippen molar-refractivity contribution in [2.24, 2.45) is 0 Å². The van der Waals surface area contributed by atoms with Crippen LogP contribution in [0.4, 0.5) is 0 Å². The van der Waals surface area contributed by atoms with Crippen LogP contribution >= 0.6 is 0 Å². The van der Waals surface area contributed by atoms with Crippen molar-refractivity contribution in [2.75, 3.05) is 14.2 Å². The first-order valence-corrected chi connectivity index (χ1v) is 6.81. The number of hydrogen-bond donors (Lipinski definition) is 0. The van der Waals surface area contributed by atoms with Crippen LogP contribution < -0.4 is 9.47 Å². The number of methoxy groups -OCH3 is 2. The molecule has 0 spiro atoms. The lowest BCUT2D eigenvalue weighted by molar-refractivity contribution is 0.0630. The Bertz CT molecular complexity index is 732. The summed E-state index contributed by atoms with van der Waals surface area (Å²) in [6, 6.07) is 12.1. The first-order chi connectivity index (χ1) is 10.6. The van der Waals surface area contributed by atoms with Gasteiger partial charge in [-0.25, -0.2) is 0 Å². The van der Waals surface area contributed by atoms with Crippen molar-refractivity contribution in [1.82, 2.24) is 4.90 Å². The highest BCUT2D eigenvalue weighted by molar-refractivity contribution is 6.12. The summed E-state index contributed by atoms with van der Waals surface area (Å²) < 4.78 is 10.3. The van der Waals surface area contributed by atoms with Gasteiger partial charge in [0.05, 0.1) is 20.8 Å². The van der Waals surface area contributed by atoms with Gasteiger partial charge in [-0.3, -0.25) is 14.5 Å². The summed E-state index contributed by atoms with van der Waals surface area (Å²) in [4.78, 5) is 26.3. The van der Waals surface area contributed by atoms with Crippen molar-refractivity contribution in [3.8, 4) is 11.5 Å². The molecule has 22 heavy (non-hydrogen) atoms. The van der Waals surface area contributed by atoms with Crippen LogP contribution in [0.3, 0.4) is 0 Å². The van der Waals surface area contributed by atoms with Crippen LogP contribution in [0.5, 0.6) is 11.5 Å². The highest BCUT2D eigenvalue weighted by Crippen LogP contribution is 2.27. The van der Waals surface area contributed by atoms with Gasteiger partial charge in [-0.1, -0.05) is 18.2 Å². The molecule has 1 aliphatic heterocycles. The van der Waals surface area contributed by atoms with Gasteiger partial charge in [0, 0.05) is 17.2 Å². The Kier molecular flexibility index (Phi) is 3.55. The maximum Gasteiger partial charge on any atom is 0.261 e. The second-order valence-electron chi connectivity index (χ2n) is 4.95. The van der Waals surface area contributed by atoms with Crippen LogP contribution in [0.25, 0.3) is 0 Å². The van der Waals surface area contributed by atoms with E-state index in [1.54, 1.807) is 30.3 Å². The fraction of sp³-hybridized carbons (Fsp3) is 0.176. The molecule has 0 atom stereocenters. The lowest BCUT2D eigenvalue weighted by Crippen LogP contribution is -2.31. The summed E-state index contributed by atoms with van der Waals surface area (Å²) in [6.07, 6.45) is 0. The Hall–Kier alpha value is -2.82. The first kappa shape index (κ1) is 14.1. The number of rotatable bonds is 3. The van der Waals surface area contributed by atoms with Gasteiger partial charge in [0.25, 0.3) is 11.8 Å². The average Bonchev–Trinajstić information content (AvgIpc) is 2.91. The van der Waals surface area contributed by atoms with Gasteiger partial charge in [0.2, 0.25) is 0 Å². The van der Waals surface area contributed by atoms with Crippen LogP contribution in [0, 0.1) is 0 Å². The fourth-order valence-electron chi connectivity index (χ4n) is 2.51. The van der Waals surface area contributed by atoms with Gasteiger partial charge in [0.1, 0.15) is 11.5 Å². The maximum absolute atomic E-state index is 12.7. The second-order valence-corrected chi connectivity index (χ2v) is 4.95. The van der Waals surface area contributed by atoms with Crippen LogP contribution in [0.1, 0.15) is 26.3 Å². The van der Waals surface area contributed by atoms with Crippen molar-refractivity contribution in [1.29, 1.82) is 0 Å². The summed E-state index contributed by atoms with van der Waals surface area (Å²) in [5.74, 6) is 0.375. The Morgan fingerprint density at radius 2 is 1.68 bits per heavy atom. The standard InChI is InChI=1S/C17H15NO4/c1-21-13-7-12(8-14(9-13)22-2)16(19)18-10-11-5-3-4-6-15(11)17(18)20/h3-9H,10H2,1-2H3. The third-order valence-electron chi connectivity index (χ3n) is 3.66. The van der Waals surface area contributed by atoms with Gasteiger partial charge < -0.3 is 9.47 Å². The molecule has 0 aliphatic carbocycles. The molecule has 1 heterocycles. The van der Waals surface area contributed by atoms with E-state index >= 15 is 0 Å². The number of imide groups is 1. The maximum atomic E-state index is 12.7. The molecule has 0 aromatic heterocycles. The molecule has 0 N–H and O–H groups in total. The molecule has 0 bridgehead atoms. The van der Waals surface area contributed by atoms with Gasteiger partial charge in [-0.2, -0.15) is 0 Å². The zero-order valence-electron chi connectivity index (χ0n) is 12.3. The molecule has 2 aromatic carbocycles. The average molecular weight is 297 g/mol. The summed E-state index contributed by atoms with van der Waals surface area (Å²) in [5, 5.41) is 0. The smallest absolute Gasteiger partial charge is 0.261 e. The van der Waals surface area contributed by atoms with Gasteiger partial charge in [0.15, 0.2) is 0 Å². The number of benzene rings is 2. The molecule has 0 unspecified atom stereocenters. The summed E-state index contributed by atoms with van der Waals surface area (Å²) in [6.45, 7) is 0.285. The van der Waals surface area contributed by atoms with Crippen molar-refractivity contribution in [3.05, 3.63) is 59.2 Å². The molecule has 0 radical (unpaired) electrons. The SMILES string of the molecule is COc1cc(OC)cc(C(=O)N2Cc3ccccc3C2=O)c1. The van der Waals surface area contributed by atoms with E-state index in [0.717, 1.165) is 5.56 Å². The Morgan fingerprint density at radius 3 is 2.27 bits per heavy atom. The van der Waals surface area contributed by atoms with Crippen molar-refractivity contribution in [2.45, 2.75) is 6.54 Å². The number of carbonyl (C=O) groups excluding carboxylic acids is 2. The fourth-order valence-corrected chi connectivity index (χ4v) is 2.51. The molecule has 3 rings (SSSR count). The van der Waals surface area contributed by atoms with Crippen LogP contribution in [-0.2, 0) is 6.54 Å². The Labute approximate surface area is 128 Å². The first-order valence-electron chi connectivity index (χ1n) is 6.81. The number of ether oxygens (including phenoxy) is 2. The van der Waals surface area contributed by atoms with Gasteiger partial charge in [-0.05, 0) is 23.8 Å². The second kappa shape index (κ2) is 5.52. The van der Waals surface area contributed by atoms with Gasteiger partial charge in [-0.15, -0.1) is 0 Å². The summed E-state index contributed by atoms with van der Waals surface area (Å²) >= 11 is 0. The Morgan fingerprint density at radius 1 is 1.05 bits per heavy atom. The minimum Gasteiger partial charge on any atom is -0.497 e. The monoisotopic (exact) mass is 297 g/mol. The Balaban J connectivity index is 1.94. The minimum atomic E-state index is -0.363. The van der Waals surface area contributed by atoms with Crippen molar-refractivity contribution < 1.29 is 19.1 Å². The predicted octanol–water partition coefficient (Wildman–Crippen LogP) is 2.50. The molecule has 112 valence electrons. The van der Waals surface area contributed by atoms with E-state index in [2.05, 4.69) is 0 Å². The van der Waals surface area contributed by atoms with E-state index in [4.69, 9.17) is 9.47 Å². The topological polar surface area (TPSA) is 55.8 Å². The van der Waals surface area contributed by atoms with E-state index in [1.165, 1.54) is 19.1 Å². The number of amides is 2. The van der Waals surface area contributed by atoms with Gasteiger partial charge >= 0.3 is 0 Å². The number of nitrogens with zero attached hydrogens (tertiary/aromatic N) is 1. The lowest BCUT2D eigenvalue weighted by Gasteiger charge is -2.15. The van der Waals surface area contributed by atoms with E-state index in [0.29, 0.717) is 22.6 Å². The number of hydrogen-bond acceptors (Lipinski definition) is 4. The van der Waals surface area contributed by atoms with Crippen LogP contribution in [0.2, 0.25) is 0 Å². The molecule has 2 amide bonds. The third kappa shape index (κ3) is 2.30. The zero-order chi connectivity index (χ0) is 15.7. The van der Waals surface area contributed by atoms with Crippen molar-refractivity contribution >= 4 is 11.8 Å². The molecule has 0 fully saturated rings. The molecular weight excluding hydrogens is 282 g/mol.